The minimum atomic E-state index is -3.78. The van der Waals surface area contributed by atoms with Crippen LogP contribution in [0.1, 0.15) is 17.9 Å². The number of rotatable bonds is 6. The fourth-order valence-electron chi connectivity index (χ4n) is 3.50. The minimum Gasteiger partial charge on any atom is -0.379 e. The summed E-state index contributed by atoms with van der Waals surface area (Å²) in [5.41, 5.74) is 1.30. The van der Waals surface area contributed by atoms with Gasteiger partial charge >= 0.3 is 0 Å². The molecule has 0 aromatic heterocycles. The third kappa shape index (κ3) is 3.73. The van der Waals surface area contributed by atoms with Crippen molar-refractivity contribution in [2.24, 2.45) is 0 Å². The Kier molecular flexibility index (Phi) is 5.05. The lowest BCUT2D eigenvalue weighted by molar-refractivity contribution is -0.384. The highest BCUT2D eigenvalue weighted by atomic mass is 32.2. The molecule has 2 aromatic rings. The van der Waals surface area contributed by atoms with Crippen molar-refractivity contribution in [3.8, 4) is 0 Å². The van der Waals surface area contributed by atoms with Crippen LogP contribution in [0.4, 0.5) is 11.4 Å². The molecule has 0 amide bonds. The number of hydrogen-bond acceptors (Lipinski definition) is 6. The summed E-state index contributed by atoms with van der Waals surface area (Å²) in [4.78, 5) is 11.0. The Morgan fingerprint density at radius 2 is 1.82 bits per heavy atom. The molecule has 148 valence electrons. The number of anilines is 1. The number of nitrogens with zero attached hydrogens (tertiary/aromatic N) is 2. The molecule has 0 bridgehead atoms. The molecule has 9 heteroatoms. The third-order valence-corrected chi connectivity index (χ3v) is 7.03. The molecule has 2 aromatic carbocycles. The molecule has 2 fully saturated rings. The molecule has 1 aliphatic heterocycles. The fourth-order valence-corrected chi connectivity index (χ4v) is 4.93. The molecule has 1 N–H and O–H groups in total. The smallest absolute Gasteiger partial charge is 0.293 e. The molecule has 2 atom stereocenters. The summed E-state index contributed by atoms with van der Waals surface area (Å²) in [6, 6.07) is 14.1. The van der Waals surface area contributed by atoms with Gasteiger partial charge in [0.05, 0.1) is 23.0 Å². The average Bonchev–Trinajstić information content (AvgIpc) is 3.48. The SMILES string of the molecule is O=[N+]([O-])c1cc(S(=O)(=O)N2CCOCC2)ccc1NC1CC1c1ccccc1. The van der Waals surface area contributed by atoms with Crippen LogP contribution in [0.25, 0.3) is 0 Å². The summed E-state index contributed by atoms with van der Waals surface area (Å²) in [5, 5.41) is 14.8. The van der Waals surface area contributed by atoms with E-state index in [4.69, 9.17) is 4.74 Å². The van der Waals surface area contributed by atoms with E-state index in [1.807, 2.05) is 30.3 Å². The first kappa shape index (κ1) is 18.9. The molecule has 2 unspecified atom stereocenters. The molecular weight excluding hydrogens is 382 g/mol. The maximum absolute atomic E-state index is 12.8. The highest BCUT2D eigenvalue weighted by Crippen LogP contribution is 2.44. The average molecular weight is 403 g/mol. The Hall–Kier alpha value is -2.49. The van der Waals surface area contributed by atoms with Crippen LogP contribution in [-0.4, -0.2) is 50.0 Å². The number of nitro benzene ring substituents is 1. The van der Waals surface area contributed by atoms with E-state index >= 15 is 0 Å². The maximum Gasteiger partial charge on any atom is 0.293 e. The summed E-state index contributed by atoms with van der Waals surface area (Å²) in [6.45, 7) is 1.14. The number of benzene rings is 2. The van der Waals surface area contributed by atoms with Crippen molar-refractivity contribution >= 4 is 21.4 Å². The van der Waals surface area contributed by atoms with E-state index in [-0.39, 0.29) is 29.7 Å². The second kappa shape index (κ2) is 7.50. The van der Waals surface area contributed by atoms with Gasteiger partial charge in [0.25, 0.3) is 5.69 Å². The summed E-state index contributed by atoms with van der Waals surface area (Å²) in [7, 11) is -3.78. The van der Waals surface area contributed by atoms with Crippen LogP contribution in [0.3, 0.4) is 0 Å². The Labute approximate surface area is 163 Å². The van der Waals surface area contributed by atoms with Gasteiger partial charge in [0.2, 0.25) is 10.0 Å². The lowest BCUT2D eigenvalue weighted by atomic mass is 10.1. The maximum atomic E-state index is 12.8. The van der Waals surface area contributed by atoms with Crippen LogP contribution >= 0.6 is 0 Å². The summed E-state index contributed by atoms with van der Waals surface area (Å²) in [6.07, 6.45) is 0.884. The van der Waals surface area contributed by atoms with Gasteiger partial charge in [-0.05, 0) is 24.1 Å². The Bertz CT molecular complexity index is 974. The van der Waals surface area contributed by atoms with Crippen LogP contribution in [0.2, 0.25) is 0 Å². The third-order valence-electron chi connectivity index (χ3n) is 5.13. The van der Waals surface area contributed by atoms with Crippen LogP contribution in [-0.2, 0) is 14.8 Å². The Morgan fingerprint density at radius 1 is 1.11 bits per heavy atom. The van der Waals surface area contributed by atoms with Crippen LogP contribution in [0.15, 0.2) is 53.4 Å². The molecule has 4 rings (SSSR count). The second-order valence-electron chi connectivity index (χ2n) is 6.96. The van der Waals surface area contributed by atoms with Crippen molar-refractivity contribution in [2.75, 3.05) is 31.6 Å². The van der Waals surface area contributed by atoms with Crippen molar-refractivity contribution in [2.45, 2.75) is 23.3 Å². The van der Waals surface area contributed by atoms with E-state index < -0.39 is 14.9 Å². The van der Waals surface area contributed by atoms with Crippen LogP contribution < -0.4 is 5.32 Å². The highest BCUT2D eigenvalue weighted by molar-refractivity contribution is 7.89. The zero-order valence-electron chi connectivity index (χ0n) is 15.2. The first-order chi connectivity index (χ1) is 13.5. The van der Waals surface area contributed by atoms with E-state index in [9.17, 15) is 18.5 Å². The number of ether oxygens (including phenoxy) is 1. The molecule has 0 spiro atoms. The largest absolute Gasteiger partial charge is 0.379 e. The van der Waals surface area contributed by atoms with E-state index in [1.54, 1.807) is 0 Å². The molecule has 28 heavy (non-hydrogen) atoms. The summed E-state index contributed by atoms with van der Waals surface area (Å²) >= 11 is 0. The van der Waals surface area contributed by atoms with Crippen molar-refractivity contribution in [1.29, 1.82) is 0 Å². The first-order valence-electron chi connectivity index (χ1n) is 9.14. The monoisotopic (exact) mass is 403 g/mol. The Balaban J connectivity index is 1.55. The van der Waals surface area contributed by atoms with E-state index in [2.05, 4.69) is 5.32 Å². The van der Waals surface area contributed by atoms with Gasteiger partial charge in [-0.2, -0.15) is 4.31 Å². The van der Waals surface area contributed by atoms with Gasteiger partial charge in [0.1, 0.15) is 5.69 Å². The summed E-state index contributed by atoms with van der Waals surface area (Å²) < 4.78 is 32.0. The number of nitrogens with one attached hydrogen (secondary N) is 1. The van der Waals surface area contributed by atoms with Crippen molar-refractivity contribution < 1.29 is 18.1 Å². The molecule has 1 heterocycles. The van der Waals surface area contributed by atoms with Crippen molar-refractivity contribution in [3.63, 3.8) is 0 Å². The molecular formula is C19H21N3O5S. The first-order valence-corrected chi connectivity index (χ1v) is 10.6. The normalized spacial score (nSPS) is 22.6. The highest BCUT2D eigenvalue weighted by Gasteiger charge is 2.39. The van der Waals surface area contributed by atoms with Gasteiger partial charge in [-0.15, -0.1) is 0 Å². The molecule has 1 aliphatic carbocycles. The van der Waals surface area contributed by atoms with Gasteiger partial charge in [-0.1, -0.05) is 30.3 Å². The number of hydrogen-bond donors (Lipinski definition) is 1. The van der Waals surface area contributed by atoms with Gasteiger partial charge in [-0.25, -0.2) is 8.42 Å². The number of morpholine rings is 1. The molecule has 2 aliphatic rings. The topological polar surface area (TPSA) is 102 Å². The van der Waals surface area contributed by atoms with Gasteiger partial charge in [0.15, 0.2) is 0 Å². The molecule has 1 saturated heterocycles. The number of sulfonamides is 1. The lowest BCUT2D eigenvalue weighted by Crippen LogP contribution is -2.40. The predicted octanol–water partition coefficient (Wildman–Crippen LogP) is 2.58. The van der Waals surface area contributed by atoms with E-state index in [0.717, 1.165) is 12.5 Å². The molecule has 1 saturated carbocycles. The van der Waals surface area contributed by atoms with Crippen LogP contribution in [0, 0.1) is 10.1 Å². The predicted molar refractivity (Wildman–Crippen MR) is 104 cm³/mol. The zero-order chi connectivity index (χ0) is 19.7. The fraction of sp³-hybridized carbons (Fsp3) is 0.368. The standard InChI is InChI=1S/C19H21N3O5S/c23-22(24)19-12-15(28(25,26)21-8-10-27-11-9-21)6-7-17(19)20-18-13-16(18)14-4-2-1-3-5-14/h1-7,12,16,18,20H,8-11,13H2. The van der Waals surface area contributed by atoms with Gasteiger partial charge < -0.3 is 10.1 Å². The lowest BCUT2D eigenvalue weighted by Gasteiger charge is -2.26. The van der Waals surface area contributed by atoms with Crippen molar-refractivity contribution in [1.82, 2.24) is 4.31 Å². The summed E-state index contributed by atoms with van der Waals surface area (Å²) in [5.74, 6) is 0.303. The number of nitro groups is 1. The van der Waals surface area contributed by atoms with E-state index in [1.165, 1.54) is 22.0 Å². The van der Waals surface area contributed by atoms with Gasteiger partial charge in [0, 0.05) is 31.1 Å². The van der Waals surface area contributed by atoms with Crippen LogP contribution in [0.5, 0.6) is 0 Å². The minimum absolute atomic E-state index is 0.0675. The quantitative estimate of drug-likeness (QED) is 0.588. The zero-order valence-corrected chi connectivity index (χ0v) is 16.0. The molecule has 0 radical (unpaired) electrons. The van der Waals surface area contributed by atoms with Crippen molar-refractivity contribution in [3.05, 3.63) is 64.2 Å². The second-order valence-corrected chi connectivity index (χ2v) is 8.89. The van der Waals surface area contributed by atoms with E-state index in [0.29, 0.717) is 24.8 Å². The Morgan fingerprint density at radius 3 is 2.50 bits per heavy atom. The molecule has 8 nitrogen and oxygen atoms in total. The van der Waals surface area contributed by atoms with Gasteiger partial charge in [-0.3, -0.25) is 10.1 Å².